The van der Waals surface area contributed by atoms with Crippen LogP contribution in [0, 0.1) is 5.92 Å². The summed E-state index contributed by atoms with van der Waals surface area (Å²) in [7, 11) is 0. The van der Waals surface area contributed by atoms with E-state index in [0.29, 0.717) is 55.4 Å². The number of aromatic amines is 1. The lowest BCUT2D eigenvalue weighted by atomic mass is 9.92. The molecule has 3 atom stereocenters. The molecule has 0 saturated carbocycles. The molecule has 2 aliphatic heterocycles. The smallest absolute Gasteiger partial charge is 0.258 e. The van der Waals surface area contributed by atoms with Crippen LogP contribution in [0.15, 0.2) is 29.1 Å². The van der Waals surface area contributed by atoms with E-state index < -0.39 is 6.10 Å². The van der Waals surface area contributed by atoms with Gasteiger partial charge in [0.1, 0.15) is 11.9 Å². The molecule has 1 amide bonds. The lowest BCUT2D eigenvalue weighted by Crippen LogP contribution is -2.56. The third-order valence-electron chi connectivity index (χ3n) is 5.99. The number of halogens is 2. The van der Waals surface area contributed by atoms with Crippen LogP contribution in [0.1, 0.15) is 25.6 Å². The summed E-state index contributed by atoms with van der Waals surface area (Å²) >= 11 is 0. The molecule has 2 saturated heterocycles. The van der Waals surface area contributed by atoms with Crippen LogP contribution in [0.25, 0.3) is 10.9 Å². The molecular weight excluding hydrogens is 441 g/mol. The third kappa shape index (κ3) is 5.75. The Hall–Kier alpha value is -1.71. The number of piperidine rings is 1. The number of ether oxygens (including phenoxy) is 1. The van der Waals surface area contributed by atoms with Gasteiger partial charge in [0.05, 0.1) is 24.1 Å². The summed E-state index contributed by atoms with van der Waals surface area (Å²) in [5.74, 6) is 1.22. The predicted molar refractivity (Wildman–Crippen MR) is 125 cm³/mol. The van der Waals surface area contributed by atoms with Crippen molar-refractivity contribution < 1.29 is 9.53 Å². The lowest BCUT2D eigenvalue weighted by Gasteiger charge is -2.41. The van der Waals surface area contributed by atoms with Crippen LogP contribution < -0.4 is 11.3 Å². The summed E-state index contributed by atoms with van der Waals surface area (Å²) < 4.78 is 5.81. The number of carbonyl (C=O) groups is 1. The summed E-state index contributed by atoms with van der Waals surface area (Å²) in [5.41, 5.74) is 6.47. The molecule has 1 aromatic heterocycles. The molecule has 0 spiro atoms. The number of hydrogen-bond acceptors (Lipinski definition) is 6. The number of hydrogen-bond donors (Lipinski definition) is 2. The molecule has 4 rings (SSSR count). The van der Waals surface area contributed by atoms with E-state index in [2.05, 4.69) is 21.8 Å². The Morgan fingerprint density at radius 3 is 2.84 bits per heavy atom. The van der Waals surface area contributed by atoms with Gasteiger partial charge in [0, 0.05) is 32.2 Å². The molecule has 2 fully saturated rings. The first kappa shape index (κ1) is 25.5. The van der Waals surface area contributed by atoms with Crippen LogP contribution >= 0.6 is 24.8 Å². The number of H-pyrrole nitrogens is 1. The quantitative estimate of drug-likeness (QED) is 0.700. The van der Waals surface area contributed by atoms with Gasteiger partial charge in [0.25, 0.3) is 11.5 Å². The SMILES string of the molecule is CC1CCN(C(=O)C2CN(Cc3nc4ccccc4c(=O)[nH]3)CCO2)C(CN)C1.Cl.Cl. The van der Waals surface area contributed by atoms with Gasteiger partial charge in [0.2, 0.25) is 0 Å². The fourth-order valence-electron chi connectivity index (χ4n) is 4.37. The highest BCUT2D eigenvalue weighted by molar-refractivity contribution is 5.85. The van der Waals surface area contributed by atoms with Crippen LogP contribution in [0.5, 0.6) is 0 Å². The van der Waals surface area contributed by atoms with E-state index in [1.54, 1.807) is 6.07 Å². The van der Waals surface area contributed by atoms with Crippen molar-refractivity contribution in [3.8, 4) is 0 Å². The Bertz CT molecular complexity index is 941. The fraction of sp³-hybridized carbons (Fsp3) is 0.571. The van der Waals surface area contributed by atoms with Gasteiger partial charge in [-0.05, 0) is 30.9 Å². The number of rotatable bonds is 4. The first-order valence-electron chi connectivity index (χ1n) is 10.4. The number of amides is 1. The van der Waals surface area contributed by atoms with Crippen LogP contribution in [-0.4, -0.2) is 70.6 Å². The first-order valence-corrected chi connectivity index (χ1v) is 10.4. The van der Waals surface area contributed by atoms with E-state index in [1.807, 2.05) is 23.1 Å². The molecule has 2 aliphatic rings. The summed E-state index contributed by atoms with van der Waals surface area (Å²) in [6.07, 6.45) is 1.44. The maximum atomic E-state index is 13.1. The molecule has 3 N–H and O–H groups in total. The van der Waals surface area contributed by atoms with Gasteiger partial charge in [-0.3, -0.25) is 14.5 Å². The highest BCUT2D eigenvalue weighted by Gasteiger charge is 2.35. The molecule has 1 aromatic carbocycles. The number of para-hydroxylation sites is 1. The largest absolute Gasteiger partial charge is 0.366 e. The number of likely N-dealkylation sites (tertiary alicyclic amines) is 1. The monoisotopic (exact) mass is 471 g/mol. The highest BCUT2D eigenvalue weighted by atomic mass is 35.5. The number of morpholine rings is 1. The van der Waals surface area contributed by atoms with Gasteiger partial charge in [-0.1, -0.05) is 19.1 Å². The number of nitrogens with zero attached hydrogens (tertiary/aromatic N) is 3. The molecule has 8 nitrogen and oxygen atoms in total. The third-order valence-corrected chi connectivity index (χ3v) is 5.99. The fourth-order valence-corrected chi connectivity index (χ4v) is 4.37. The molecule has 0 radical (unpaired) electrons. The lowest BCUT2D eigenvalue weighted by molar-refractivity contribution is -0.154. The number of nitrogens with one attached hydrogen (secondary N) is 1. The van der Waals surface area contributed by atoms with Crippen LogP contribution in [-0.2, 0) is 16.1 Å². The minimum Gasteiger partial charge on any atom is -0.366 e. The summed E-state index contributed by atoms with van der Waals surface area (Å²) in [6, 6.07) is 7.39. The molecule has 0 bridgehead atoms. The molecule has 3 heterocycles. The van der Waals surface area contributed by atoms with Gasteiger partial charge in [-0.2, -0.15) is 0 Å². The zero-order chi connectivity index (χ0) is 20.4. The Morgan fingerprint density at radius 2 is 2.06 bits per heavy atom. The van der Waals surface area contributed by atoms with Crippen molar-refractivity contribution in [2.45, 2.75) is 38.5 Å². The van der Waals surface area contributed by atoms with Crippen LogP contribution in [0.3, 0.4) is 0 Å². The number of fused-ring (bicyclic) bond motifs is 1. The van der Waals surface area contributed by atoms with E-state index in [-0.39, 0.29) is 42.3 Å². The normalized spacial score (nSPS) is 24.3. The molecule has 2 aromatic rings. The second-order valence-electron chi connectivity index (χ2n) is 8.18. The van der Waals surface area contributed by atoms with Crippen molar-refractivity contribution in [1.82, 2.24) is 19.8 Å². The van der Waals surface area contributed by atoms with Crippen molar-refractivity contribution in [3.05, 3.63) is 40.4 Å². The van der Waals surface area contributed by atoms with Crippen LogP contribution in [0.2, 0.25) is 0 Å². The molecule has 10 heteroatoms. The topological polar surface area (TPSA) is 105 Å². The molecule has 31 heavy (non-hydrogen) atoms. The van der Waals surface area contributed by atoms with Crippen molar-refractivity contribution in [2.75, 3.05) is 32.8 Å². The van der Waals surface area contributed by atoms with Gasteiger partial charge in [-0.15, -0.1) is 24.8 Å². The maximum absolute atomic E-state index is 13.1. The molecule has 172 valence electrons. The van der Waals surface area contributed by atoms with Gasteiger partial charge < -0.3 is 20.4 Å². The van der Waals surface area contributed by atoms with Crippen molar-refractivity contribution in [1.29, 1.82) is 0 Å². The van der Waals surface area contributed by atoms with Gasteiger partial charge >= 0.3 is 0 Å². The summed E-state index contributed by atoms with van der Waals surface area (Å²) in [5, 5.41) is 0.582. The summed E-state index contributed by atoms with van der Waals surface area (Å²) in [4.78, 5) is 36.9. The number of aromatic nitrogens is 2. The van der Waals surface area contributed by atoms with Crippen molar-refractivity contribution in [2.24, 2.45) is 11.7 Å². The van der Waals surface area contributed by atoms with Gasteiger partial charge in [0.15, 0.2) is 0 Å². The van der Waals surface area contributed by atoms with Crippen molar-refractivity contribution in [3.63, 3.8) is 0 Å². The van der Waals surface area contributed by atoms with E-state index >= 15 is 0 Å². The number of benzene rings is 1. The number of carbonyl (C=O) groups excluding carboxylic acids is 1. The standard InChI is InChI=1S/C21H29N5O3.2ClH/c1-14-6-7-26(15(10-14)11-22)21(28)18-12-25(8-9-29-18)13-19-23-17-5-3-2-4-16(17)20(27)24-19;;/h2-5,14-15,18H,6-13,22H2,1H3,(H,23,24,27);2*1H. The van der Waals surface area contributed by atoms with E-state index in [4.69, 9.17) is 10.5 Å². The Morgan fingerprint density at radius 1 is 1.29 bits per heavy atom. The first-order chi connectivity index (χ1) is 14.0. The Balaban J connectivity index is 0.00000171. The van der Waals surface area contributed by atoms with Crippen molar-refractivity contribution >= 4 is 41.6 Å². The second-order valence-corrected chi connectivity index (χ2v) is 8.18. The molecule has 0 aliphatic carbocycles. The second kappa shape index (κ2) is 11.2. The van der Waals surface area contributed by atoms with Crippen LogP contribution in [0.4, 0.5) is 0 Å². The Labute approximate surface area is 194 Å². The van der Waals surface area contributed by atoms with E-state index in [1.165, 1.54) is 0 Å². The molecular formula is C21H31Cl2N5O3. The Kier molecular flexibility index (Phi) is 9.27. The minimum atomic E-state index is -0.501. The zero-order valence-corrected chi connectivity index (χ0v) is 19.3. The predicted octanol–water partition coefficient (Wildman–Crippen LogP) is 1.55. The highest BCUT2D eigenvalue weighted by Crippen LogP contribution is 2.24. The van der Waals surface area contributed by atoms with Gasteiger partial charge in [-0.25, -0.2) is 4.98 Å². The summed E-state index contributed by atoms with van der Waals surface area (Å²) in [6.45, 7) is 5.56. The minimum absolute atomic E-state index is 0. The van der Waals surface area contributed by atoms with E-state index in [9.17, 15) is 9.59 Å². The zero-order valence-electron chi connectivity index (χ0n) is 17.7. The molecule has 3 unspecified atom stereocenters. The average Bonchev–Trinajstić information content (AvgIpc) is 2.73. The van der Waals surface area contributed by atoms with E-state index in [0.717, 1.165) is 19.4 Å². The maximum Gasteiger partial charge on any atom is 0.258 e. The number of nitrogens with two attached hydrogens (primary N) is 1. The average molecular weight is 472 g/mol.